The van der Waals surface area contributed by atoms with E-state index < -0.39 is 17.8 Å². The molecule has 2 rings (SSSR count). The van der Waals surface area contributed by atoms with Crippen LogP contribution in [0.15, 0.2) is 18.2 Å². The zero-order chi connectivity index (χ0) is 15.8. The number of amides is 1. The van der Waals surface area contributed by atoms with E-state index in [1.807, 2.05) is 0 Å². The average Bonchev–Trinajstić information content (AvgIpc) is 2.34. The highest BCUT2D eigenvalue weighted by molar-refractivity contribution is 5.69. The Hall–Kier alpha value is -1.62. The van der Waals surface area contributed by atoms with Crippen molar-refractivity contribution in [2.24, 2.45) is 0 Å². The van der Waals surface area contributed by atoms with Crippen molar-refractivity contribution in [2.75, 3.05) is 0 Å². The molecule has 1 aromatic carbocycles. The van der Waals surface area contributed by atoms with Gasteiger partial charge in [0.15, 0.2) is 0 Å². The second kappa shape index (κ2) is 5.64. The molecule has 0 aromatic heterocycles. The third-order valence-electron chi connectivity index (χ3n) is 3.52. The Labute approximate surface area is 124 Å². The molecule has 0 saturated heterocycles. The molecular formula is C16H22FNO3. The summed E-state index contributed by atoms with van der Waals surface area (Å²) in [5.41, 5.74) is 1.11. The Bertz CT molecular complexity index is 537. The van der Waals surface area contributed by atoms with E-state index in [2.05, 4.69) is 0 Å². The minimum atomic E-state index is -0.685. The predicted octanol–water partition coefficient (Wildman–Crippen LogP) is 2.87. The molecule has 0 saturated carbocycles. The first kappa shape index (κ1) is 15.8. The van der Waals surface area contributed by atoms with Crippen LogP contribution in [0.1, 0.15) is 38.8 Å². The van der Waals surface area contributed by atoms with Crippen molar-refractivity contribution in [1.82, 2.24) is 4.90 Å². The third kappa shape index (κ3) is 3.73. The standard InChI is InChI=1S/C16H22FNO3/c1-10(19)14-8-11-5-6-13(17)7-12(11)9-18(14)15(20)21-16(2,3)4/h5-7,10,14,19H,8-9H2,1-4H3. The molecule has 0 aliphatic carbocycles. The van der Waals surface area contributed by atoms with Gasteiger partial charge in [-0.15, -0.1) is 0 Å². The normalized spacial score (nSPS) is 19.9. The molecule has 1 aliphatic rings. The summed E-state index contributed by atoms with van der Waals surface area (Å²) in [5.74, 6) is -0.326. The maximum Gasteiger partial charge on any atom is 0.410 e. The summed E-state index contributed by atoms with van der Waals surface area (Å²) in [7, 11) is 0. The molecule has 4 nitrogen and oxygen atoms in total. The van der Waals surface area contributed by atoms with E-state index in [9.17, 15) is 14.3 Å². The van der Waals surface area contributed by atoms with Crippen molar-refractivity contribution >= 4 is 6.09 Å². The lowest BCUT2D eigenvalue weighted by atomic mass is 9.91. The number of carbonyl (C=O) groups excluding carboxylic acids is 1. The lowest BCUT2D eigenvalue weighted by Gasteiger charge is -2.39. The van der Waals surface area contributed by atoms with Crippen LogP contribution < -0.4 is 0 Å². The molecule has 2 unspecified atom stereocenters. The molecule has 1 heterocycles. The van der Waals surface area contributed by atoms with E-state index in [1.54, 1.807) is 33.8 Å². The maximum absolute atomic E-state index is 13.4. The summed E-state index contributed by atoms with van der Waals surface area (Å²) in [6.07, 6.45) is -0.675. The number of aliphatic hydroxyl groups excluding tert-OH is 1. The van der Waals surface area contributed by atoms with Crippen molar-refractivity contribution in [2.45, 2.75) is 58.4 Å². The van der Waals surface area contributed by atoms with Crippen molar-refractivity contribution in [3.63, 3.8) is 0 Å². The van der Waals surface area contributed by atoms with Gasteiger partial charge in [0.1, 0.15) is 11.4 Å². The molecule has 1 aliphatic heterocycles. The van der Waals surface area contributed by atoms with Gasteiger partial charge < -0.3 is 9.84 Å². The SMILES string of the molecule is CC(O)C1Cc2ccc(F)cc2CN1C(=O)OC(C)(C)C. The zero-order valence-electron chi connectivity index (χ0n) is 12.9. The van der Waals surface area contributed by atoms with Crippen LogP contribution >= 0.6 is 0 Å². The van der Waals surface area contributed by atoms with Crippen LogP contribution in [0.2, 0.25) is 0 Å². The molecule has 1 amide bonds. The maximum atomic E-state index is 13.4. The van der Waals surface area contributed by atoms with Crippen molar-refractivity contribution in [3.05, 3.63) is 35.1 Å². The lowest BCUT2D eigenvalue weighted by molar-refractivity contribution is -0.00849. The number of hydrogen-bond acceptors (Lipinski definition) is 3. The Morgan fingerprint density at radius 1 is 1.43 bits per heavy atom. The molecule has 116 valence electrons. The van der Waals surface area contributed by atoms with Gasteiger partial charge in [0.05, 0.1) is 12.1 Å². The van der Waals surface area contributed by atoms with Crippen molar-refractivity contribution < 1.29 is 19.0 Å². The molecule has 1 aromatic rings. The van der Waals surface area contributed by atoms with Crippen molar-refractivity contribution in [1.29, 1.82) is 0 Å². The fourth-order valence-electron chi connectivity index (χ4n) is 2.53. The summed E-state index contributed by atoms with van der Waals surface area (Å²) in [5, 5.41) is 9.95. The van der Waals surface area contributed by atoms with Gasteiger partial charge in [-0.05, 0) is 57.4 Å². The monoisotopic (exact) mass is 295 g/mol. The molecule has 21 heavy (non-hydrogen) atoms. The van der Waals surface area contributed by atoms with Crippen LogP contribution in [-0.4, -0.2) is 33.8 Å². The molecule has 2 atom stereocenters. The number of nitrogens with zero attached hydrogens (tertiary/aromatic N) is 1. The first-order chi connectivity index (χ1) is 9.67. The second-order valence-corrected chi connectivity index (χ2v) is 6.53. The van der Waals surface area contributed by atoms with Gasteiger partial charge in [0.25, 0.3) is 0 Å². The van der Waals surface area contributed by atoms with Crippen molar-refractivity contribution in [3.8, 4) is 0 Å². The first-order valence-corrected chi connectivity index (χ1v) is 7.12. The number of benzene rings is 1. The number of carbonyl (C=O) groups is 1. The number of ether oxygens (including phenoxy) is 1. The van der Waals surface area contributed by atoms with Crippen LogP contribution in [0, 0.1) is 5.82 Å². The minimum Gasteiger partial charge on any atom is -0.444 e. The van der Waals surface area contributed by atoms with E-state index in [0.29, 0.717) is 6.42 Å². The fourth-order valence-corrected chi connectivity index (χ4v) is 2.53. The van der Waals surface area contributed by atoms with E-state index >= 15 is 0 Å². The summed E-state index contributed by atoms with van der Waals surface area (Å²) in [6.45, 7) is 7.27. The summed E-state index contributed by atoms with van der Waals surface area (Å²) in [4.78, 5) is 13.8. The number of aliphatic hydroxyl groups is 1. The van der Waals surface area contributed by atoms with Crippen LogP contribution in [0.5, 0.6) is 0 Å². The first-order valence-electron chi connectivity index (χ1n) is 7.12. The highest BCUT2D eigenvalue weighted by Crippen LogP contribution is 2.27. The summed E-state index contributed by atoms with van der Waals surface area (Å²) >= 11 is 0. The highest BCUT2D eigenvalue weighted by atomic mass is 19.1. The average molecular weight is 295 g/mol. The predicted molar refractivity (Wildman–Crippen MR) is 77.3 cm³/mol. The van der Waals surface area contributed by atoms with E-state index in [1.165, 1.54) is 17.0 Å². The zero-order valence-corrected chi connectivity index (χ0v) is 12.9. The molecule has 5 heteroatoms. The van der Waals surface area contributed by atoms with Gasteiger partial charge in [0, 0.05) is 6.54 Å². The number of hydrogen-bond donors (Lipinski definition) is 1. The Morgan fingerprint density at radius 2 is 2.10 bits per heavy atom. The lowest BCUT2D eigenvalue weighted by Crippen LogP contribution is -2.51. The minimum absolute atomic E-state index is 0.248. The van der Waals surface area contributed by atoms with Crippen LogP contribution in [0.3, 0.4) is 0 Å². The Kier molecular flexibility index (Phi) is 4.23. The Morgan fingerprint density at radius 3 is 2.67 bits per heavy atom. The number of halogens is 1. The van der Waals surface area contributed by atoms with Gasteiger partial charge in [-0.3, -0.25) is 4.90 Å². The highest BCUT2D eigenvalue weighted by Gasteiger charge is 2.35. The van der Waals surface area contributed by atoms with Gasteiger partial charge >= 0.3 is 6.09 Å². The third-order valence-corrected chi connectivity index (χ3v) is 3.52. The van der Waals surface area contributed by atoms with Gasteiger partial charge in [-0.2, -0.15) is 0 Å². The summed E-state index contributed by atoms with van der Waals surface area (Å²) in [6, 6.07) is 4.19. The topological polar surface area (TPSA) is 49.8 Å². The molecule has 0 fully saturated rings. The number of fused-ring (bicyclic) bond motifs is 1. The largest absolute Gasteiger partial charge is 0.444 e. The van der Waals surface area contributed by atoms with Gasteiger partial charge in [0.2, 0.25) is 0 Å². The molecule has 0 radical (unpaired) electrons. The van der Waals surface area contributed by atoms with Crippen LogP contribution in [0.4, 0.5) is 9.18 Å². The summed E-state index contributed by atoms with van der Waals surface area (Å²) < 4.78 is 18.8. The molecule has 0 spiro atoms. The fraction of sp³-hybridized carbons (Fsp3) is 0.562. The Balaban J connectivity index is 2.28. The molecule has 0 bridgehead atoms. The smallest absolute Gasteiger partial charge is 0.410 e. The molecular weight excluding hydrogens is 273 g/mol. The number of rotatable bonds is 1. The van der Waals surface area contributed by atoms with Crippen LogP contribution in [-0.2, 0) is 17.7 Å². The van der Waals surface area contributed by atoms with Gasteiger partial charge in [-0.1, -0.05) is 6.07 Å². The van der Waals surface area contributed by atoms with E-state index in [-0.39, 0.29) is 18.4 Å². The van der Waals surface area contributed by atoms with Gasteiger partial charge in [-0.25, -0.2) is 9.18 Å². The molecule has 1 N–H and O–H groups in total. The van der Waals surface area contributed by atoms with E-state index in [0.717, 1.165) is 11.1 Å². The van der Waals surface area contributed by atoms with Crippen LogP contribution in [0.25, 0.3) is 0 Å². The second-order valence-electron chi connectivity index (χ2n) is 6.53. The van der Waals surface area contributed by atoms with E-state index in [4.69, 9.17) is 4.74 Å². The quantitative estimate of drug-likeness (QED) is 0.866.